The number of hydrogen-bond donors (Lipinski definition) is 0. The summed E-state index contributed by atoms with van der Waals surface area (Å²) < 4.78 is 0. The Morgan fingerprint density at radius 2 is 1.20 bits per heavy atom. The highest BCUT2D eigenvalue weighted by molar-refractivity contribution is 6.06. The van der Waals surface area contributed by atoms with E-state index in [1.165, 1.54) is 83.5 Å². The quantitative estimate of drug-likeness (QED) is 0.221. The third-order valence-electron chi connectivity index (χ3n) is 8.77. The third kappa shape index (κ3) is 2.23. The van der Waals surface area contributed by atoms with Gasteiger partial charge in [-0.3, -0.25) is 0 Å². The van der Waals surface area contributed by atoms with E-state index in [9.17, 15) is 0 Å². The molecule has 0 aliphatic heterocycles. The molecule has 0 N–H and O–H groups in total. The van der Waals surface area contributed by atoms with Gasteiger partial charge in [-0.25, -0.2) is 0 Å². The van der Waals surface area contributed by atoms with Crippen LogP contribution in [-0.2, 0) is 12.8 Å². The second-order valence-electron chi connectivity index (χ2n) is 10.4. The number of rotatable bonds is 0. The van der Waals surface area contributed by atoms with Crippen molar-refractivity contribution in [2.75, 3.05) is 0 Å². The maximum absolute atomic E-state index is 2.53. The van der Waals surface area contributed by atoms with E-state index in [-0.39, 0.29) is 0 Å². The second-order valence-corrected chi connectivity index (χ2v) is 10.4. The zero-order valence-corrected chi connectivity index (χ0v) is 19.3. The summed E-state index contributed by atoms with van der Waals surface area (Å²) in [6, 6.07) is 36.8. The van der Waals surface area contributed by atoms with Gasteiger partial charge in [0.15, 0.2) is 0 Å². The smallest absolute Gasteiger partial charge is 0.0358 e. The zero-order chi connectivity index (χ0) is 22.7. The van der Waals surface area contributed by atoms with Crippen LogP contribution in [0.2, 0.25) is 0 Å². The lowest BCUT2D eigenvalue weighted by atomic mass is 9.72. The highest BCUT2D eigenvalue weighted by Crippen LogP contribution is 2.58. The maximum atomic E-state index is 2.53. The van der Waals surface area contributed by atoms with Crippen LogP contribution in [0, 0.1) is 0 Å². The summed E-state index contributed by atoms with van der Waals surface area (Å²) in [6.07, 6.45) is 4.54. The molecule has 4 aliphatic rings. The molecule has 35 heavy (non-hydrogen) atoms. The van der Waals surface area contributed by atoms with Crippen molar-refractivity contribution < 1.29 is 0 Å². The molecule has 5 aromatic carbocycles. The Morgan fingerprint density at radius 3 is 2.09 bits per heavy atom. The monoisotopic (exact) mass is 442 g/mol. The van der Waals surface area contributed by atoms with Gasteiger partial charge in [-0.1, -0.05) is 84.9 Å². The Balaban J connectivity index is 1.37. The molecule has 5 aromatic rings. The molecule has 0 bridgehead atoms. The van der Waals surface area contributed by atoms with Gasteiger partial charge >= 0.3 is 0 Å². The first-order valence-electron chi connectivity index (χ1n) is 12.7. The van der Waals surface area contributed by atoms with Crippen molar-refractivity contribution in [2.45, 2.75) is 18.8 Å². The van der Waals surface area contributed by atoms with Crippen LogP contribution in [0.4, 0.5) is 0 Å². The minimum Gasteiger partial charge on any atom is -0.0619 e. The molecule has 0 amide bonds. The van der Waals surface area contributed by atoms with Gasteiger partial charge in [-0.05, 0) is 115 Å². The van der Waals surface area contributed by atoms with Crippen molar-refractivity contribution in [2.24, 2.45) is 0 Å². The largest absolute Gasteiger partial charge is 0.0619 e. The number of fused-ring (bicyclic) bond motifs is 15. The number of allylic oxidation sites excluding steroid dienone is 1. The molecular formula is C35H22. The third-order valence-corrected chi connectivity index (χ3v) is 8.77. The molecular weight excluding hydrogens is 420 g/mol. The van der Waals surface area contributed by atoms with Gasteiger partial charge in [0.1, 0.15) is 0 Å². The molecule has 0 spiro atoms. The summed E-state index contributed by atoms with van der Waals surface area (Å²) in [5.41, 5.74) is 21.7. The van der Waals surface area contributed by atoms with E-state index in [0.717, 1.165) is 12.8 Å². The maximum Gasteiger partial charge on any atom is 0.0358 e. The minimum absolute atomic E-state index is 0.307. The molecule has 1 unspecified atom stereocenters. The molecule has 162 valence electrons. The van der Waals surface area contributed by atoms with Crippen molar-refractivity contribution in [3.63, 3.8) is 0 Å². The summed E-state index contributed by atoms with van der Waals surface area (Å²) in [5, 5.41) is 0. The van der Waals surface area contributed by atoms with Crippen molar-refractivity contribution in [3.05, 3.63) is 142 Å². The lowest BCUT2D eigenvalue weighted by Gasteiger charge is -2.31. The molecule has 0 saturated carbocycles. The normalized spacial score (nSPS) is 16.8. The SMILES string of the molecule is C1=C2c3c(ccc4c3Cc3ccccc3-4)-c3cc4c(cc3C2c2ccccc21)-c1ccccc1C4. The van der Waals surface area contributed by atoms with E-state index in [2.05, 4.69) is 103 Å². The van der Waals surface area contributed by atoms with E-state index in [4.69, 9.17) is 0 Å². The zero-order valence-electron chi connectivity index (χ0n) is 19.3. The van der Waals surface area contributed by atoms with Crippen molar-refractivity contribution in [1.82, 2.24) is 0 Å². The van der Waals surface area contributed by atoms with Gasteiger partial charge in [-0.2, -0.15) is 0 Å². The van der Waals surface area contributed by atoms with Crippen LogP contribution >= 0.6 is 0 Å². The van der Waals surface area contributed by atoms with Gasteiger partial charge < -0.3 is 0 Å². The molecule has 0 saturated heterocycles. The van der Waals surface area contributed by atoms with Gasteiger partial charge in [-0.15, -0.1) is 0 Å². The van der Waals surface area contributed by atoms with Crippen molar-refractivity contribution in [3.8, 4) is 33.4 Å². The summed E-state index contributed by atoms with van der Waals surface area (Å²) in [5.74, 6) is 0.307. The lowest BCUT2D eigenvalue weighted by molar-refractivity contribution is 1.04. The van der Waals surface area contributed by atoms with E-state index in [1.54, 1.807) is 0 Å². The average molecular weight is 443 g/mol. The summed E-state index contributed by atoms with van der Waals surface area (Å²) in [6.45, 7) is 0. The molecule has 9 rings (SSSR count). The Bertz CT molecular complexity index is 1800. The van der Waals surface area contributed by atoms with E-state index >= 15 is 0 Å². The number of benzene rings is 5. The van der Waals surface area contributed by atoms with Gasteiger partial charge in [0, 0.05) is 5.92 Å². The fourth-order valence-corrected chi connectivity index (χ4v) is 7.31. The first-order valence-corrected chi connectivity index (χ1v) is 12.7. The first-order chi connectivity index (χ1) is 17.3. The summed E-state index contributed by atoms with van der Waals surface area (Å²) in [4.78, 5) is 0. The van der Waals surface area contributed by atoms with E-state index < -0.39 is 0 Å². The minimum atomic E-state index is 0.307. The Labute approximate surface area is 205 Å². The molecule has 1 atom stereocenters. The average Bonchev–Trinajstić information content (AvgIpc) is 3.58. The molecule has 0 aromatic heterocycles. The van der Waals surface area contributed by atoms with Crippen LogP contribution in [0.5, 0.6) is 0 Å². The molecule has 0 heteroatoms. The van der Waals surface area contributed by atoms with Gasteiger partial charge in [0.05, 0.1) is 0 Å². The van der Waals surface area contributed by atoms with Crippen LogP contribution in [0.3, 0.4) is 0 Å². The highest BCUT2D eigenvalue weighted by atomic mass is 14.4. The number of hydrogen-bond acceptors (Lipinski definition) is 0. The summed E-state index contributed by atoms with van der Waals surface area (Å²) >= 11 is 0. The van der Waals surface area contributed by atoms with E-state index in [1.807, 2.05) is 0 Å². The first kappa shape index (κ1) is 18.2. The Morgan fingerprint density at radius 1 is 0.486 bits per heavy atom. The Kier molecular flexibility index (Phi) is 3.27. The van der Waals surface area contributed by atoms with Gasteiger partial charge in [0.2, 0.25) is 0 Å². The predicted molar refractivity (Wildman–Crippen MR) is 145 cm³/mol. The highest BCUT2D eigenvalue weighted by Gasteiger charge is 2.39. The predicted octanol–water partition coefficient (Wildman–Crippen LogP) is 8.50. The van der Waals surface area contributed by atoms with Crippen LogP contribution in [-0.4, -0.2) is 0 Å². The van der Waals surface area contributed by atoms with E-state index in [0.29, 0.717) is 5.92 Å². The fourth-order valence-electron chi connectivity index (χ4n) is 7.31. The van der Waals surface area contributed by atoms with Crippen LogP contribution in [0.25, 0.3) is 45.0 Å². The molecule has 0 heterocycles. The fraction of sp³-hybridized carbons (Fsp3) is 0.0857. The van der Waals surface area contributed by atoms with Gasteiger partial charge in [0.25, 0.3) is 0 Å². The topological polar surface area (TPSA) is 0 Å². The van der Waals surface area contributed by atoms with Crippen LogP contribution in [0.1, 0.15) is 50.4 Å². The molecule has 0 nitrogen and oxygen atoms in total. The Hall–Kier alpha value is -4.16. The molecule has 0 radical (unpaired) electrons. The second kappa shape index (κ2) is 6.29. The van der Waals surface area contributed by atoms with Crippen LogP contribution in [0.15, 0.2) is 97.1 Å². The standard InChI is InChI=1S/C35H22/c1-5-11-25-20(7-1)15-23-18-30-28-14-13-27-24-10-4-2-8-21(24)16-31(27)35(28)33-17-22-9-3-6-12-26(22)34(33)32(30)19-29(23)25/h1-14,17-19,34H,15-16H2. The van der Waals surface area contributed by atoms with Crippen LogP contribution < -0.4 is 0 Å². The molecule has 4 aliphatic carbocycles. The summed E-state index contributed by atoms with van der Waals surface area (Å²) in [7, 11) is 0. The molecule has 0 fully saturated rings. The lowest BCUT2D eigenvalue weighted by Crippen LogP contribution is -2.12. The van der Waals surface area contributed by atoms with Crippen molar-refractivity contribution in [1.29, 1.82) is 0 Å². The van der Waals surface area contributed by atoms with Crippen molar-refractivity contribution >= 4 is 11.6 Å².